The third-order valence-electron chi connectivity index (χ3n) is 2.25. The van der Waals surface area contributed by atoms with Crippen molar-refractivity contribution < 1.29 is 4.79 Å². The van der Waals surface area contributed by atoms with Gasteiger partial charge in [0.2, 0.25) is 5.91 Å². The van der Waals surface area contributed by atoms with Crippen molar-refractivity contribution in [2.75, 3.05) is 25.5 Å². The second-order valence-corrected chi connectivity index (χ2v) is 4.00. The Morgan fingerprint density at radius 3 is 2.75 bits per heavy atom. The molecule has 1 aromatic heterocycles. The quantitative estimate of drug-likeness (QED) is 0.854. The van der Waals surface area contributed by atoms with Crippen molar-refractivity contribution in [1.82, 2.24) is 15.5 Å². The lowest BCUT2D eigenvalue weighted by Gasteiger charge is -2.20. The van der Waals surface area contributed by atoms with Crippen LogP contribution in [0.5, 0.6) is 0 Å². The fourth-order valence-corrected chi connectivity index (χ4v) is 1.45. The molecule has 1 aromatic rings. The Balaban J connectivity index is 2.61. The van der Waals surface area contributed by atoms with Gasteiger partial charge in [-0.1, -0.05) is 18.5 Å². The van der Waals surface area contributed by atoms with Crippen molar-refractivity contribution in [3.8, 4) is 0 Å². The van der Waals surface area contributed by atoms with Gasteiger partial charge < -0.3 is 10.2 Å². The normalized spacial score (nSPS) is 12.0. The number of hydrogen-bond acceptors (Lipinski definition) is 4. The van der Waals surface area contributed by atoms with E-state index >= 15 is 0 Å². The predicted octanol–water partition coefficient (Wildman–Crippen LogP) is 0.948. The van der Waals surface area contributed by atoms with Gasteiger partial charge in [-0.3, -0.25) is 4.79 Å². The molecule has 0 aliphatic heterocycles. The number of carbonyl (C=O) groups is 1. The molecular formula is C10H15ClN4O. The van der Waals surface area contributed by atoms with E-state index in [4.69, 9.17) is 11.6 Å². The van der Waals surface area contributed by atoms with Gasteiger partial charge in [0.15, 0.2) is 11.0 Å². The summed E-state index contributed by atoms with van der Waals surface area (Å²) < 4.78 is 0. The Bertz CT molecular complexity index is 354. The molecule has 0 spiro atoms. The third-order valence-corrected chi connectivity index (χ3v) is 2.45. The van der Waals surface area contributed by atoms with E-state index in [9.17, 15) is 4.79 Å². The number of halogens is 1. The molecule has 16 heavy (non-hydrogen) atoms. The number of nitrogens with zero attached hydrogens (tertiary/aromatic N) is 3. The van der Waals surface area contributed by atoms with Gasteiger partial charge in [0.1, 0.15) is 0 Å². The van der Waals surface area contributed by atoms with E-state index in [0.717, 1.165) is 0 Å². The van der Waals surface area contributed by atoms with Crippen LogP contribution in [0, 0.1) is 5.92 Å². The molecular weight excluding hydrogens is 228 g/mol. The lowest BCUT2D eigenvalue weighted by atomic mass is 10.1. The maximum atomic E-state index is 11.3. The number of nitrogens with one attached hydrogen (secondary N) is 1. The average Bonchev–Trinajstić information content (AvgIpc) is 2.28. The van der Waals surface area contributed by atoms with Crippen LogP contribution < -0.4 is 10.2 Å². The molecule has 88 valence electrons. The summed E-state index contributed by atoms with van der Waals surface area (Å²) in [5.41, 5.74) is 0. The summed E-state index contributed by atoms with van der Waals surface area (Å²) in [4.78, 5) is 13.2. The molecule has 1 N–H and O–H groups in total. The summed E-state index contributed by atoms with van der Waals surface area (Å²) in [6.45, 7) is 2.44. The van der Waals surface area contributed by atoms with Gasteiger partial charge in [-0.05, 0) is 12.1 Å². The lowest BCUT2D eigenvalue weighted by molar-refractivity contribution is -0.123. The van der Waals surface area contributed by atoms with Crippen molar-refractivity contribution in [2.45, 2.75) is 6.92 Å². The van der Waals surface area contributed by atoms with Gasteiger partial charge >= 0.3 is 0 Å². The van der Waals surface area contributed by atoms with Gasteiger partial charge in [-0.25, -0.2) is 0 Å². The minimum atomic E-state index is -0.104. The summed E-state index contributed by atoms with van der Waals surface area (Å²) in [5.74, 6) is 0.599. The molecule has 5 nitrogen and oxygen atoms in total. The smallest absolute Gasteiger partial charge is 0.224 e. The molecule has 1 amide bonds. The molecule has 0 saturated carbocycles. The highest BCUT2D eigenvalue weighted by Gasteiger charge is 2.14. The summed E-state index contributed by atoms with van der Waals surface area (Å²) in [6, 6.07) is 3.44. The fraction of sp³-hybridized carbons (Fsp3) is 0.500. The zero-order valence-electron chi connectivity index (χ0n) is 9.57. The highest BCUT2D eigenvalue weighted by molar-refractivity contribution is 6.29. The van der Waals surface area contributed by atoms with Crippen LogP contribution in [0.1, 0.15) is 6.92 Å². The van der Waals surface area contributed by atoms with Crippen molar-refractivity contribution >= 4 is 23.3 Å². The SMILES string of the molecule is CNC(=O)C(C)CN(C)c1ccc(Cl)nn1. The Labute approximate surface area is 99.8 Å². The van der Waals surface area contributed by atoms with E-state index in [-0.39, 0.29) is 11.8 Å². The van der Waals surface area contributed by atoms with Crippen LogP contribution in [-0.2, 0) is 4.79 Å². The minimum absolute atomic E-state index is 0.00812. The Morgan fingerprint density at radius 1 is 1.56 bits per heavy atom. The van der Waals surface area contributed by atoms with Gasteiger partial charge in [0, 0.05) is 20.6 Å². The molecule has 0 aliphatic carbocycles. The molecule has 0 aromatic carbocycles. The fourth-order valence-electron chi connectivity index (χ4n) is 1.35. The first-order chi connectivity index (χ1) is 7.54. The minimum Gasteiger partial charge on any atom is -0.359 e. The topological polar surface area (TPSA) is 58.1 Å². The van der Waals surface area contributed by atoms with Crippen LogP contribution in [0.4, 0.5) is 5.82 Å². The van der Waals surface area contributed by atoms with E-state index in [2.05, 4.69) is 15.5 Å². The van der Waals surface area contributed by atoms with Crippen LogP contribution in [0.15, 0.2) is 12.1 Å². The molecule has 1 rings (SSSR count). The number of carbonyl (C=O) groups excluding carboxylic acids is 1. The Kier molecular flexibility index (Phi) is 4.49. The van der Waals surface area contributed by atoms with Crippen LogP contribution in [-0.4, -0.2) is 36.7 Å². The van der Waals surface area contributed by atoms with Gasteiger partial charge in [0.25, 0.3) is 0 Å². The second-order valence-electron chi connectivity index (χ2n) is 3.61. The van der Waals surface area contributed by atoms with Gasteiger partial charge in [-0.15, -0.1) is 10.2 Å². The monoisotopic (exact) mass is 242 g/mol. The number of hydrogen-bond donors (Lipinski definition) is 1. The van der Waals surface area contributed by atoms with Crippen LogP contribution in [0.3, 0.4) is 0 Å². The Hall–Kier alpha value is -1.36. The molecule has 6 heteroatoms. The molecule has 0 radical (unpaired) electrons. The third kappa shape index (κ3) is 3.34. The molecule has 0 saturated heterocycles. The summed E-state index contributed by atoms with van der Waals surface area (Å²) in [6.07, 6.45) is 0. The van der Waals surface area contributed by atoms with Crippen molar-refractivity contribution in [3.05, 3.63) is 17.3 Å². The molecule has 1 atom stereocenters. The number of amides is 1. The highest BCUT2D eigenvalue weighted by Crippen LogP contribution is 2.11. The Morgan fingerprint density at radius 2 is 2.25 bits per heavy atom. The average molecular weight is 243 g/mol. The maximum absolute atomic E-state index is 11.3. The van der Waals surface area contributed by atoms with Crippen LogP contribution in [0.2, 0.25) is 5.15 Å². The summed E-state index contributed by atoms with van der Waals surface area (Å²) in [5, 5.41) is 10.6. The van der Waals surface area contributed by atoms with Crippen molar-refractivity contribution in [2.24, 2.45) is 5.92 Å². The second kappa shape index (κ2) is 5.65. The lowest BCUT2D eigenvalue weighted by Crippen LogP contribution is -2.34. The van der Waals surface area contributed by atoms with E-state index in [0.29, 0.717) is 17.5 Å². The largest absolute Gasteiger partial charge is 0.359 e. The van der Waals surface area contributed by atoms with Crippen molar-refractivity contribution in [3.63, 3.8) is 0 Å². The first-order valence-electron chi connectivity index (χ1n) is 4.96. The number of rotatable bonds is 4. The van der Waals surface area contributed by atoms with E-state index in [1.165, 1.54) is 0 Å². The predicted molar refractivity (Wildman–Crippen MR) is 63.5 cm³/mol. The van der Waals surface area contributed by atoms with Gasteiger partial charge in [-0.2, -0.15) is 0 Å². The number of aromatic nitrogens is 2. The van der Waals surface area contributed by atoms with Crippen LogP contribution >= 0.6 is 11.6 Å². The van der Waals surface area contributed by atoms with E-state index < -0.39 is 0 Å². The molecule has 1 unspecified atom stereocenters. The molecule has 0 fully saturated rings. The standard InChI is InChI=1S/C10H15ClN4O/c1-7(10(16)12-2)6-15(3)9-5-4-8(11)13-14-9/h4-5,7H,6H2,1-3H3,(H,12,16). The van der Waals surface area contributed by atoms with E-state index in [1.807, 2.05) is 18.9 Å². The van der Waals surface area contributed by atoms with Gasteiger partial charge in [0.05, 0.1) is 5.92 Å². The first kappa shape index (κ1) is 12.7. The maximum Gasteiger partial charge on any atom is 0.224 e. The molecule has 0 bridgehead atoms. The summed E-state index contributed by atoms with van der Waals surface area (Å²) in [7, 11) is 3.48. The first-order valence-corrected chi connectivity index (χ1v) is 5.34. The zero-order valence-corrected chi connectivity index (χ0v) is 10.3. The van der Waals surface area contributed by atoms with Crippen molar-refractivity contribution in [1.29, 1.82) is 0 Å². The number of anilines is 1. The molecule has 0 aliphatic rings. The highest BCUT2D eigenvalue weighted by atomic mass is 35.5. The van der Waals surface area contributed by atoms with Crippen LogP contribution in [0.25, 0.3) is 0 Å². The molecule has 1 heterocycles. The zero-order chi connectivity index (χ0) is 12.1. The summed E-state index contributed by atoms with van der Waals surface area (Å²) >= 11 is 5.64. The van der Waals surface area contributed by atoms with E-state index in [1.54, 1.807) is 19.2 Å².